The minimum absolute atomic E-state index is 0.182. The number of rotatable bonds is 4. The van der Waals surface area contributed by atoms with Gasteiger partial charge in [0.05, 0.1) is 31.5 Å². The highest BCUT2D eigenvalue weighted by Crippen LogP contribution is 2.36. The summed E-state index contributed by atoms with van der Waals surface area (Å²) in [5.74, 6) is 0.213. The highest BCUT2D eigenvalue weighted by molar-refractivity contribution is 5.94. The van der Waals surface area contributed by atoms with Crippen LogP contribution in [0.2, 0.25) is 0 Å². The summed E-state index contributed by atoms with van der Waals surface area (Å²) in [7, 11) is 0. The van der Waals surface area contributed by atoms with Gasteiger partial charge in [-0.3, -0.25) is 9.78 Å². The Bertz CT molecular complexity index is 638. The highest BCUT2D eigenvalue weighted by atomic mass is 16.5. The van der Waals surface area contributed by atoms with Gasteiger partial charge in [-0.25, -0.2) is 0 Å². The van der Waals surface area contributed by atoms with E-state index < -0.39 is 0 Å². The van der Waals surface area contributed by atoms with Crippen molar-refractivity contribution in [2.24, 2.45) is 0 Å². The molecule has 0 saturated carbocycles. The van der Waals surface area contributed by atoms with Crippen LogP contribution in [0.3, 0.4) is 0 Å². The van der Waals surface area contributed by atoms with E-state index in [9.17, 15) is 4.79 Å². The van der Waals surface area contributed by atoms with Gasteiger partial charge < -0.3 is 14.4 Å². The monoisotopic (exact) mass is 342 g/mol. The maximum atomic E-state index is 12.6. The number of carbonyl (C=O) groups is 1. The number of carbonyl (C=O) groups excluding carboxylic acids is 1. The average Bonchev–Trinajstić information content (AvgIpc) is 2.65. The van der Waals surface area contributed by atoms with E-state index in [1.807, 2.05) is 23.1 Å². The van der Waals surface area contributed by atoms with Crippen LogP contribution in [0.4, 0.5) is 0 Å². The molecule has 3 heterocycles. The van der Waals surface area contributed by atoms with Gasteiger partial charge >= 0.3 is 0 Å². The van der Waals surface area contributed by atoms with Crippen molar-refractivity contribution in [3.63, 3.8) is 0 Å². The van der Waals surface area contributed by atoms with Crippen LogP contribution in [0.25, 0.3) is 0 Å². The van der Waals surface area contributed by atoms with E-state index in [1.54, 1.807) is 6.20 Å². The lowest BCUT2D eigenvalue weighted by Crippen LogP contribution is -2.67. The first-order valence-electron chi connectivity index (χ1n) is 9.38. The quantitative estimate of drug-likeness (QED) is 0.844. The molecule has 1 spiro atoms. The minimum atomic E-state index is -0.197. The summed E-state index contributed by atoms with van der Waals surface area (Å²) in [4.78, 5) is 18.8. The van der Waals surface area contributed by atoms with Crippen LogP contribution in [-0.4, -0.2) is 47.2 Å². The molecular formula is C20H26N2O3. The standard InChI is InChI=1S/C20H26N2O3/c23-19(16-6-2-1-3-7-16)22-14-20(15-22)12-18(9-11-25-20)24-13-17-8-4-5-10-21-17/h4-6,8,10,18H,1-3,7,9,11-15H2/t18-/m0/s1. The number of allylic oxidation sites excluding steroid dienone is 1. The molecule has 1 amide bonds. The van der Waals surface area contributed by atoms with Crippen LogP contribution in [0.15, 0.2) is 36.0 Å². The number of ether oxygens (including phenoxy) is 2. The zero-order valence-electron chi connectivity index (χ0n) is 14.7. The first kappa shape index (κ1) is 16.7. The van der Waals surface area contributed by atoms with Gasteiger partial charge in [0.15, 0.2) is 0 Å². The Hall–Kier alpha value is -1.72. The molecule has 1 atom stereocenters. The van der Waals surface area contributed by atoms with E-state index in [4.69, 9.17) is 9.47 Å². The molecule has 0 radical (unpaired) electrons. The number of pyridine rings is 1. The van der Waals surface area contributed by atoms with Crippen LogP contribution < -0.4 is 0 Å². The highest BCUT2D eigenvalue weighted by Gasteiger charge is 2.49. The molecular weight excluding hydrogens is 316 g/mol. The third-order valence-electron chi connectivity index (χ3n) is 5.45. The molecule has 0 unspecified atom stereocenters. The van der Waals surface area contributed by atoms with E-state index in [0.717, 1.165) is 43.4 Å². The summed E-state index contributed by atoms with van der Waals surface area (Å²) in [6, 6.07) is 5.87. The lowest BCUT2D eigenvalue weighted by molar-refractivity contribution is -0.200. The minimum Gasteiger partial charge on any atom is -0.372 e. The molecule has 1 aromatic heterocycles. The molecule has 5 heteroatoms. The predicted molar refractivity (Wildman–Crippen MR) is 93.9 cm³/mol. The SMILES string of the molecule is O=C(C1=CCCCC1)N1CC2(C[C@@H](OCc3ccccn3)CCO2)C1. The zero-order valence-corrected chi connectivity index (χ0v) is 14.7. The Kier molecular flexibility index (Phi) is 4.86. The Morgan fingerprint density at radius 2 is 2.28 bits per heavy atom. The largest absolute Gasteiger partial charge is 0.372 e. The molecule has 25 heavy (non-hydrogen) atoms. The fourth-order valence-corrected chi connectivity index (χ4v) is 4.06. The number of hydrogen-bond donors (Lipinski definition) is 0. The summed E-state index contributed by atoms with van der Waals surface area (Å²) >= 11 is 0. The number of nitrogens with zero attached hydrogens (tertiary/aromatic N) is 2. The van der Waals surface area contributed by atoms with Gasteiger partial charge in [0.2, 0.25) is 5.91 Å². The molecule has 0 aromatic carbocycles. The van der Waals surface area contributed by atoms with E-state index in [-0.39, 0.29) is 17.6 Å². The Morgan fingerprint density at radius 1 is 1.36 bits per heavy atom. The zero-order chi connectivity index (χ0) is 17.1. The summed E-state index contributed by atoms with van der Waals surface area (Å²) in [6.45, 7) is 2.65. The van der Waals surface area contributed by atoms with Crippen molar-refractivity contribution in [2.45, 2.75) is 56.8 Å². The van der Waals surface area contributed by atoms with Gasteiger partial charge in [-0.15, -0.1) is 0 Å². The second-order valence-electron chi connectivity index (χ2n) is 7.41. The van der Waals surface area contributed by atoms with Gasteiger partial charge in [-0.2, -0.15) is 0 Å². The maximum Gasteiger partial charge on any atom is 0.249 e. The van der Waals surface area contributed by atoms with E-state index in [1.165, 1.54) is 6.42 Å². The maximum absolute atomic E-state index is 12.6. The predicted octanol–water partition coefficient (Wildman–Crippen LogP) is 2.86. The van der Waals surface area contributed by atoms with Gasteiger partial charge in [-0.1, -0.05) is 12.1 Å². The topological polar surface area (TPSA) is 51.7 Å². The molecule has 5 nitrogen and oxygen atoms in total. The van der Waals surface area contributed by atoms with E-state index >= 15 is 0 Å². The first-order valence-corrected chi connectivity index (χ1v) is 9.38. The van der Waals surface area contributed by atoms with Crippen LogP contribution in [0, 0.1) is 0 Å². The van der Waals surface area contributed by atoms with E-state index in [0.29, 0.717) is 26.3 Å². The molecule has 2 saturated heterocycles. The molecule has 1 aliphatic carbocycles. The molecule has 2 fully saturated rings. The smallest absolute Gasteiger partial charge is 0.249 e. The number of likely N-dealkylation sites (tertiary alicyclic amines) is 1. The van der Waals surface area contributed by atoms with Crippen LogP contribution >= 0.6 is 0 Å². The van der Waals surface area contributed by atoms with Gasteiger partial charge in [0.1, 0.15) is 5.60 Å². The molecule has 0 bridgehead atoms. The van der Waals surface area contributed by atoms with Crippen molar-refractivity contribution in [1.82, 2.24) is 9.88 Å². The Labute approximate surface area is 149 Å². The third-order valence-corrected chi connectivity index (χ3v) is 5.45. The number of amides is 1. The fraction of sp³-hybridized carbons (Fsp3) is 0.600. The molecule has 134 valence electrons. The van der Waals surface area contributed by atoms with Crippen molar-refractivity contribution in [1.29, 1.82) is 0 Å². The third kappa shape index (κ3) is 3.77. The van der Waals surface area contributed by atoms with Crippen LogP contribution in [0.1, 0.15) is 44.2 Å². The summed E-state index contributed by atoms with van der Waals surface area (Å²) < 4.78 is 12.1. The van der Waals surface area contributed by atoms with Crippen LogP contribution in [0.5, 0.6) is 0 Å². The van der Waals surface area contributed by atoms with Gasteiger partial charge in [0, 0.05) is 24.8 Å². The van der Waals surface area contributed by atoms with Crippen molar-refractivity contribution < 1.29 is 14.3 Å². The summed E-state index contributed by atoms with van der Waals surface area (Å²) in [5.41, 5.74) is 1.76. The van der Waals surface area contributed by atoms with E-state index in [2.05, 4.69) is 11.1 Å². The first-order chi connectivity index (χ1) is 12.2. The van der Waals surface area contributed by atoms with Crippen LogP contribution in [-0.2, 0) is 20.9 Å². The Balaban J connectivity index is 1.29. The van der Waals surface area contributed by atoms with Crippen molar-refractivity contribution in [3.8, 4) is 0 Å². The average molecular weight is 342 g/mol. The molecule has 2 aliphatic heterocycles. The fourth-order valence-electron chi connectivity index (χ4n) is 4.06. The van der Waals surface area contributed by atoms with Crippen molar-refractivity contribution in [2.75, 3.05) is 19.7 Å². The molecule has 0 N–H and O–H groups in total. The lowest BCUT2D eigenvalue weighted by atomic mass is 9.83. The van der Waals surface area contributed by atoms with Gasteiger partial charge in [-0.05, 0) is 44.2 Å². The van der Waals surface area contributed by atoms with Crippen molar-refractivity contribution in [3.05, 3.63) is 41.7 Å². The molecule has 4 rings (SSSR count). The van der Waals surface area contributed by atoms with Gasteiger partial charge in [0.25, 0.3) is 0 Å². The lowest BCUT2D eigenvalue weighted by Gasteiger charge is -2.53. The molecule has 3 aliphatic rings. The summed E-state index contributed by atoms with van der Waals surface area (Å²) in [6.07, 6.45) is 10.2. The second-order valence-corrected chi connectivity index (χ2v) is 7.41. The van der Waals surface area contributed by atoms with Crippen molar-refractivity contribution >= 4 is 5.91 Å². The number of hydrogen-bond acceptors (Lipinski definition) is 4. The second kappa shape index (κ2) is 7.26. The Morgan fingerprint density at radius 3 is 3.04 bits per heavy atom. The molecule has 1 aromatic rings. The number of aromatic nitrogens is 1. The summed E-state index contributed by atoms with van der Waals surface area (Å²) in [5, 5.41) is 0. The normalized spacial score (nSPS) is 25.4.